The molecule has 27 heavy (non-hydrogen) atoms. The molecule has 5 nitrogen and oxygen atoms in total. The van der Waals surface area contributed by atoms with Gasteiger partial charge in [-0.3, -0.25) is 4.79 Å². The molecule has 0 heterocycles. The molecular weight excluding hydrogens is 360 g/mol. The number of esters is 1. The lowest BCUT2D eigenvalue weighted by molar-refractivity contribution is -0.119. The largest absolute Gasteiger partial charge is 0.452 e. The molecule has 0 atom stereocenters. The summed E-state index contributed by atoms with van der Waals surface area (Å²) in [6.07, 6.45) is 4.36. The fourth-order valence-corrected chi connectivity index (χ4v) is 3.63. The summed E-state index contributed by atoms with van der Waals surface area (Å²) < 4.78 is 5.16. The average Bonchev–Trinajstić information content (AvgIpc) is 2.68. The zero-order valence-corrected chi connectivity index (χ0v) is 15.9. The number of carbonyl (C=O) groups excluding carboxylic acids is 2. The SMILES string of the molecule is Cc1cc(SC#N)ccc1NC(=O)COC(=O)c1ccc2c(c1)CCCC2. The monoisotopic (exact) mass is 380 g/mol. The number of ether oxygens (including phenoxy) is 1. The summed E-state index contributed by atoms with van der Waals surface area (Å²) in [6.45, 7) is 1.50. The van der Waals surface area contributed by atoms with Crippen molar-refractivity contribution in [2.75, 3.05) is 11.9 Å². The van der Waals surface area contributed by atoms with Gasteiger partial charge in [-0.2, -0.15) is 5.26 Å². The number of hydrogen-bond acceptors (Lipinski definition) is 5. The zero-order chi connectivity index (χ0) is 19.2. The van der Waals surface area contributed by atoms with Crippen LogP contribution >= 0.6 is 11.8 Å². The maximum atomic E-state index is 12.2. The number of thiocyanates is 1. The van der Waals surface area contributed by atoms with Gasteiger partial charge in [0.25, 0.3) is 5.91 Å². The number of hydrogen-bond donors (Lipinski definition) is 1. The zero-order valence-electron chi connectivity index (χ0n) is 15.1. The molecular formula is C21H20N2O3S. The van der Waals surface area contributed by atoms with E-state index in [9.17, 15) is 9.59 Å². The molecule has 1 N–H and O–H groups in total. The minimum atomic E-state index is -0.490. The predicted molar refractivity (Wildman–Crippen MR) is 105 cm³/mol. The number of benzene rings is 2. The van der Waals surface area contributed by atoms with Gasteiger partial charge in [0.15, 0.2) is 6.61 Å². The van der Waals surface area contributed by atoms with E-state index in [1.54, 1.807) is 18.2 Å². The quantitative estimate of drug-likeness (QED) is 0.477. The van der Waals surface area contributed by atoms with Crippen LogP contribution in [-0.4, -0.2) is 18.5 Å². The highest BCUT2D eigenvalue weighted by Crippen LogP contribution is 2.24. The Labute approximate surface area is 162 Å². The van der Waals surface area contributed by atoms with Crippen molar-refractivity contribution in [2.24, 2.45) is 0 Å². The van der Waals surface area contributed by atoms with Gasteiger partial charge in [0.2, 0.25) is 0 Å². The lowest BCUT2D eigenvalue weighted by Crippen LogP contribution is -2.21. The van der Waals surface area contributed by atoms with Crippen LogP contribution in [0, 0.1) is 17.6 Å². The van der Waals surface area contributed by atoms with E-state index in [2.05, 4.69) is 5.32 Å². The van der Waals surface area contributed by atoms with Crippen molar-refractivity contribution in [1.82, 2.24) is 0 Å². The first-order chi connectivity index (χ1) is 13.1. The number of amides is 1. The van der Waals surface area contributed by atoms with Gasteiger partial charge in [0.05, 0.1) is 5.56 Å². The molecule has 1 aliphatic rings. The molecule has 0 bridgehead atoms. The van der Waals surface area contributed by atoms with Crippen LogP contribution in [0.15, 0.2) is 41.3 Å². The van der Waals surface area contributed by atoms with Crippen molar-refractivity contribution in [3.05, 3.63) is 58.7 Å². The molecule has 0 fully saturated rings. The summed E-state index contributed by atoms with van der Waals surface area (Å²) >= 11 is 1.06. The second-order valence-corrected chi connectivity index (χ2v) is 7.34. The summed E-state index contributed by atoms with van der Waals surface area (Å²) in [6, 6.07) is 10.9. The third-order valence-corrected chi connectivity index (χ3v) is 5.13. The standard InChI is InChI=1S/C21H20N2O3S/c1-14-10-18(27-13-22)8-9-19(14)23-20(24)12-26-21(25)17-7-6-15-4-2-3-5-16(15)11-17/h6-11H,2-5,12H2,1H3,(H,23,24). The van der Waals surface area contributed by atoms with Gasteiger partial charge in [-0.1, -0.05) is 6.07 Å². The van der Waals surface area contributed by atoms with Crippen molar-refractivity contribution in [3.63, 3.8) is 0 Å². The van der Waals surface area contributed by atoms with E-state index in [1.165, 1.54) is 17.5 Å². The third-order valence-electron chi connectivity index (χ3n) is 4.55. The number of fused-ring (bicyclic) bond motifs is 1. The Morgan fingerprint density at radius 2 is 1.93 bits per heavy atom. The summed E-state index contributed by atoms with van der Waals surface area (Å²) in [4.78, 5) is 25.1. The normalized spacial score (nSPS) is 12.6. The van der Waals surface area contributed by atoms with Gasteiger partial charge in [-0.05, 0) is 91.4 Å². The van der Waals surface area contributed by atoms with E-state index in [4.69, 9.17) is 10.00 Å². The Balaban J connectivity index is 1.56. The number of thioether (sulfide) groups is 1. The van der Waals surface area contributed by atoms with Crippen molar-refractivity contribution >= 4 is 29.3 Å². The van der Waals surface area contributed by atoms with Gasteiger partial charge < -0.3 is 10.1 Å². The average molecular weight is 380 g/mol. The van der Waals surface area contributed by atoms with E-state index in [0.29, 0.717) is 11.3 Å². The molecule has 0 aliphatic heterocycles. The maximum absolute atomic E-state index is 12.2. The van der Waals surface area contributed by atoms with Crippen LogP contribution < -0.4 is 5.32 Å². The highest BCUT2D eigenvalue weighted by molar-refractivity contribution is 8.03. The number of carbonyl (C=O) groups is 2. The van der Waals surface area contributed by atoms with Crippen LogP contribution in [0.4, 0.5) is 5.69 Å². The van der Waals surface area contributed by atoms with Crippen molar-refractivity contribution in [3.8, 4) is 5.40 Å². The summed E-state index contributed by atoms with van der Waals surface area (Å²) in [5, 5.41) is 13.4. The van der Waals surface area contributed by atoms with E-state index < -0.39 is 11.9 Å². The molecule has 138 valence electrons. The topological polar surface area (TPSA) is 79.2 Å². The van der Waals surface area contributed by atoms with Crippen LogP contribution in [0.2, 0.25) is 0 Å². The van der Waals surface area contributed by atoms with Crippen molar-refractivity contribution < 1.29 is 14.3 Å². The van der Waals surface area contributed by atoms with Gasteiger partial charge in [-0.25, -0.2) is 4.79 Å². The van der Waals surface area contributed by atoms with E-state index in [0.717, 1.165) is 41.5 Å². The Kier molecular flexibility index (Phi) is 6.15. The number of nitriles is 1. The first kappa shape index (κ1) is 19.0. The summed E-state index contributed by atoms with van der Waals surface area (Å²) in [5.74, 6) is -0.888. The van der Waals surface area contributed by atoms with Crippen molar-refractivity contribution in [1.29, 1.82) is 5.26 Å². The van der Waals surface area contributed by atoms with Gasteiger partial charge in [0.1, 0.15) is 5.40 Å². The highest BCUT2D eigenvalue weighted by atomic mass is 32.2. The summed E-state index contributed by atoms with van der Waals surface area (Å²) in [5.41, 5.74) is 4.45. The van der Waals surface area contributed by atoms with Gasteiger partial charge >= 0.3 is 5.97 Å². The Morgan fingerprint density at radius 1 is 1.15 bits per heavy atom. The first-order valence-electron chi connectivity index (χ1n) is 8.82. The number of nitrogens with one attached hydrogen (secondary N) is 1. The number of nitrogens with zero attached hydrogens (tertiary/aromatic N) is 1. The number of aryl methyl sites for hydroxylation is 3. The van der Waals surface area contributed by atoms with Crippen LogP contribution in [-0.2, 0) is 22.4 Å². The molecule has 1 amide bonds. The predicted octanol–water partition coefficient (Wildman–Crippen LogP) is 4.24. The molecule has 0 saturated heterocycles. The van der Waals surface area contributed by atoms with E-state index in [1.807, 2.05) is 30.5 Å². The maximum Gasteiger partial charge on any atom is 0.338 e. The van der Waals surface area contributed by atoms with E-state index in [-0.39, 0.29) is 6.61 Å². The van der Waals surface area contributed by atoms with Crippen LogP contribution in [0.25, 0.3) is 0 Å². The molecule has 6 heteroatoms. The lowest BCUT2D eigenvalue weighted by Gasteiger charge is -2.16. The minimum absolute atomic E-state index is 0.343. The number of rotatable bonds is 5. The fourth-order valence-electron chi connectivity index (χ4n) is 3.15. The molecule has 0 radical (unpaired) electrons. The smallest absolute Gasteiger partial charge is 0.338 e. The van der Waals surface area contributed by atoms with E-state index >= 15 is 0 Å². The molecule has 0 saturated carbocycles. The molecule has 2 aromatic carbocycles. The molecule has 0 spiro atoms. The third kappa shape index (κ3) is 4.89. The lowest BCUT2D eigenvalue weighted by atomic mass is 9.90. The Hall–Kier alpha value is -2.78. The van der Waals surface area contributed by atoms with Crippen LogP contribution in [0.3, 0.4) is 0 Å². The fraction of sp³-hybridized carbons (Fsp3) is 0.286. The minimum Gasteiger partial charge on any atom is -0.452 e. The van der Waals surface area contributed by atoms with Gasteiger partial charge in [-0.15, -0.1) is 0 Å². The molecule has 0 aromatic heterocycles. The van der Waals surface area contributed by atoms with Crippen LogP contribution in [0.5, 0.6) is 0 Å². The summed E-state index contributed by atoms with van der Waals surface area (Å²) in [7, 11) is 0. The number of anilines is 1. The van der Waals surface area contributed by atoms with Crippen molar-refractivity contribution in [2.45, 2.75) is 37.5 Å². The molecule has 3 rings (SSSR count). The second-order valence-electron chi connectivity index (χ2n) is 6.48. The highest BCUT2D eigenvalue weighted by Gasteiger charge is 2.15. The Morgan fingerprint density at radius 3 is 2.67 bits per heavy atom. The molecule has 1 aliphatic carbocycles. The molecule has 0 unspecified atom stereocenters. The van der Waals surface area contributed by atoms with Crippen LogP contribution in [0.1, 0.15) is 39.9 Å². The molecule has 2 aromatic rings. The second kappa shape index (κ2) is 8.74. The van der Waals surface area contributed by atoms with Gasteiger partial charge in [0, 0.05) is 10.6 Å². The Bertz CT molecular complexity index is 918. The first-order valence-corrected chi connectivity index (χ1v) is 9.64.